The van der Waals surface area contributed by atoms with E-state index in [9.17, 15) is 9.90 Å². The highest BCUT2D eigenvalue weighted by Gasteiger charge is 2.17. The molecule has 146 valence electrons. The zero-order valence-electron chi connectivity index (χ0n) is 15.7. The molecule has 9 heteroatoms. The van der Waals surface area contributed by atoms with Gasteiger partial charge >= 0.3 is 0 Å². The first-order chi connectivity index (χ1) is 14.1. The van der Waals surface area contributed by atoms with Gasteiger partial charge in [0.05, 0.1) is 25.5 Å². The normalized spacial score (nSPS) is 11.2. The van der Waals surface area contributed by atoms with Gasteiger partial charge in [-0.1, -0.05) is 18.2 Å². The number of aromatic hydroxyl groups is 1. The van der Waals surface area contributed by atoms with Crippen LogP contribution in [0.4, 0.5) is 5.95 Å². The molecule has 0 saturated carbocycles. The summed E-state index contributed by atoms with van der Waals surface area (Å²) in [6, 6.07) is 11.9. The van der Waals surface area contributed by atoms with E-state index >= 15 is 0 Å². The van der Waals surface area contributed by atoms with Crippen molar-refractivity contribution in [3.05, 3.63) is 64.7 Å². The van der Waals surface area contributed by atoms with E-state index < -0.39 is 0 Å². The number of nitrogens with one attached hydrogen (secondary N) is 1. The van der Waals surface area contributed by atoms with E-state index in [1.165, 1.54) is 31.3 Å². The summed E-state index contributed by atoms with van der Waals surface area (Å²) in [4.78, 5) is 21.3. The number of hydrogen-bond acceptors (Lipinski definition) is 7. The predicted molar refractivity (Wildman–Crippen MR) is 108 cm³/mol. The second kappa shape index (κ2) is 7.47. The molecule has 0 spiro atoms. The molecule has 0 bridgehead atoms. The zero-order chi connectivity index (χ0) is 20.4. The minimum absolute atomic E-state index is 0.260. The number of aromatic amines is 1. The minimum atomic E-state index is -0.373. The topological polar surface area (TPSA) is 115 Å². The quantitative estimate of drug-likeness (QED) is 0.506. The average Bonchev–Trinajstić information content (AvgIpc) is 3.27. The van der Waals surface area contributed by atoms with Gasteiger partial charge in [0.15, 0.2) is 11.5 Å². The molecule has 0 atom stereocenters. The fourth-order valence-electron chi connectivity index (χ4n) is 3.08. The number of aromatic nitrogens is 4. The van der Waals surface area contributed by atoms with Gasteiger partial charge in [0.2, 0.25) is 11.8 Å². The number of hydrogen-bond donors (Lipinski definition) is 2. The molecule has 2 N–H and O–H groups in total. The van der Waals surface area contributed by atoms with Crippen LogP contribution in [0.1, 0.15) is 5.56 Å². The maximum absolute atomic E-state index is 13.1. The van der Waals surface area contributed by atoms with Crippen molar-refractivity contribution >= 4 is 22.9 Å². The molecule has 4 rings (SSSR count). The molecular formula is C20H17N5O4. The van der Waals surface area contributed by atoms with Crippen molar-refractivity contribution in [2.75, 3.05) is 14.2 Å². The summed E-state index contributed by atoms with van der Waals surface area (Å²) in [7, 11) is 3.02. The number of nitrogens with zero attached hydrogens (tertiary/aromatic N) is 4. The SMILES string of the molecule is COc1ccc(-n2c(O)c(/C=N/c3ncn[nH]3)c3ccccc3c2=O)cc1OC. The smallest absolute Gasteiger partial charge is 0.265 e. The first-order valence-electron chi connectivity index (χ1n) is 8.62. The van der Waals surface area contributed by atoms with Gasteiger partial charge in [0.1, 0.15) is 6.33 Å². The molecule has 0 radical (unpaired) electrons. The molecule has 0 saturated heterocycles. The Balaban J connectivity index is 1.99. The summed E-state index contributed by atoms with van der Waals surface area (Å²) in [5.74, 6) is 0.958. The number of methoxy groups -OCH3 is 2. The van der Waals surface area contributed by atoms with Crippen molar-refractivity contribution in [1.29, 1.82) is 0 Å². The predicted octanol–water partition coefficient (Wildman–Crippen LogP) is 2.58. The number of ether oxygens (including phenoxy) is 2. The van der Waals surface area contributed by atoms with Crippen molar-refractivity contribution in [2.45, 2.75) is 0 Å². The third-order valence-corrected chi connectivity index (χ3v) is 4.45. The van der Waals surface area contributed by atoms with Crippen molar-refractivity contribution in [3.8, 4) is 23.1 Å². The van der Waals surface area contributed by atoms with Crippen LogP contribution in [0.5, 0.6) is 17.4 Å². The Bertz CT molecular complexity index is 1260. The van der Waals surface area contributed by atoms with E-state index in [1.807, 2.05) is 0 Å². The van der Waals surface area contributed by atoms with Gasteiger partial charge in [-0.05, 0) is 18.2 Å². The van der Waals surface area contributed by atoms with E-state index in [-0.39, 0.29) is 17.4 Å². The number of aliphatic imine (C=N–C) groups is 1. The molecule has 0 amide bonds. The van der Waals surface area contributed by atoms with E-state index in [0.717, 1.165) is 0 Å². The fraction of sp³-hybridized carbons (Fsp3) is 0.100. The van der Waals surface area contributed by atoms with Crippen LogP contribution in [0.3, 0.4) is 0 Å². The highest BCUT2D eigenvalue weighted by atomic mass is 16.5. The highest BCUT2D eigenvalue weighted by Crippen LogP contribution is 2.32. The Morgan fingerprint density at radius 2 is 1.86 bits per heavy atom. The monoisotopic (exact) mass is 391 g/mol. The molecule has 0 aliphatic carbocycles. The average molecular weight is 391 g/mol. The molecule has 2 heterocycles. The highest BCUT2D eigenvalue weighted by molar-refractivity contribution is 6.02. The third kappa shape index (κ3) is 3.18. The molecule has 4 aromatic rings. The molecule has 0 aliphatic rings. The standard InChI is InChI=1S/C20H17N5O4/c1-28-16-8-7-12(9-17(16)29-2)25-18(26)14-6-4-3-5-13(14)15(19(25)27)10-21-20-22-11-23-24-20/h3-11,27H,1-2H3,(H,22,23,24)/b21-10+. The summed E-state index contributed by atoms with van der Waals surface area (Å²) in [5.41, 5.74) is 0.415. The zero-order valence-corrected chi connectivity index (χ0v) is 15.7. The first kappa shape index (κ1) is 18.2. The number of H-pyrrole nitrogens is 1. The number of benzene rings is 2. The lowest BCUT2D eigenvalue weighted by atomic mass is 10.1. The molecule has 2 aromatic heterocycles. The summed E-state index contributed by atoms with van der Waals surface area (Å²) in [6.07, 6.45) is 2.77. The van der Waals surface area contributed by atoms with Gasteiger partial charge in [-0.3, -0.25) is 4.79 Å². The Labute approximate surface area is 164 Å². The van der Waals surface area contributed by atoms with Crippen LogP contribution in [-0.4, -0.2) is 45.3 Å². The van der Waals surface area contributed by atoms with Crippen LogP contribution in [0.2, 0.25) is 0 Å². The Hall–Kier alpha value is -4.14. The van der Waals surface area contributed by atoms with E-state index in [2.05, 4.69) is 20.2 Å². The summed E-state index contributed by atoms with van der Waals surface area (Å²) in [6.45, 7) is 0. The van der Waals surface area contributed by atoms with Crippen molar-refractivity contribution in [1.82, 2.24) is 19.7 Å². The van der Waals surface area contributed by atoms with Gasteiger partial charge in [0.25, 0.3) is 5.56 Å². The lowest BCUT2D eigenvalue weighted by Crippen LogP contribution is -2.20. The van der Waals surface area contributed by atoms with Crippen LogP contribution in [0.15, 0.2) is 58.6 Å². The number of rotatable bonds is 5. The molecule has 0 aliphatic heterocycles. The Morgan fingerprint density at radius 1 is 1.10 bits per heavy atom. The van der Waals surface area contributed by atoms with E-state index in [1.54, 1.807) is 42.5 Å². The van der Waals surface area contributed by atoms with E-state index in [4.69, 9.17) is 9.47 Å². The maximum Gasteiger partial charge on any atom is 0.265 e. The molecule has 0 fully saturated rings. The second-order valence-corrected chi connectivity index (χ2v) is 6.03. The summed E-state index contributed by atoms with van der Waals surface area (Å²) >= 11 is 0. The number of fused-ring (bicyclic) bond motifs is 1. The van der Waals surface area contributed by atoms with Crippen LogP contribution in [-0.2, 0) is 0 Å². The van der Waals surface area contributed by atoms with Crippen LogP contribution in [0, 0.1) is 0 Å². The maximum atomic E-state index is 13.1. The van der Waals surface area contributed by atoms with Gasteiger partial charge in [-0.25, -0.2) is 14.7 Å². The Morgan fingerprint density at radius 3 is 2.55 bits per heavy atom. The lowest BCUT2D eigenvalue weighted by molar-refractivity contribution is 0.354. The minimum Gasteiger partial charge on any atom is -0.494 e. The lowest BCUT2D eigenvalue weighted by Gasteiger charge is -2.15. The second-order valence-electron chi connectivity index (χ2n) is 6.03. The van der Waals surface area contributed by atoms with Gasteiger partial charge in [-0.2, -0.15) is 10.1 Å². The molecular weight excluding hydrogens is 374 g/mol. The van der Waals surface area contributed by atoms with Gasteiger partial charge in [0, 0.05) is 23.1 Å². The van der Waals surface area contributed by atoms with Gasteiger partial charge in [-0.15, -0.1) is 0 Å². The van der Waals surface area contributed by atoms with Crippen molar-refractivity contribution in [3.63, 3.8) is 0 Å². The van der Waals surface area contributed by atoms with Crippen molar-refractivity contribution in [2.24, 2.45) is 4.99 Å². The number of pyridine rings is 1. The first-order valence-corrected chi connectivity index (χ1v) is 8.62. The van der Waals surface area contributed by atoms with Crippen LogP contribution in [0.25, 0.3) is 16.5 Å². The third-order valence-electron chi connectivity index (χ3n) is 4.45. The largest absolute Gasteiger partial charge is 0.494 e. The molecule has 9 nitrogen and oxygen atoms in total. The molecule has 2 aromatic carbocycles. The fourth-order valence-corrected chi connectivity index (χ4v) is 3.08. The van der Waals surface area contributed by atoms with E-state index in [0.29, 0.717) is 33.5 Å². The van der Waals surface area contributed by atoms with Crippen molar-refractivity contribution < 1.29 is 14.6 Å². The summed E-state index contributed by atoms with van der Waals surface area (Å²) in [5, 5.41) is 18.3. The summed E-state index contributed by atoms with van der Waals surface area (Å²) < 4.78 is 11.8. The van der Waals surface area contributed by atoms with Crippen LogP contribution < -0.4 is 15.0 Å². The Kier molecular flexibility index (Phi) is 4.70. The van der Waals surface area contributed by atoms with Crippen LogP contribution >= 0.6 is 0 Å². The molecule has 0 unspecified atom stereocenters. The van der Waals surface area contributed by atoms with Gasteiger partial charge < -0.3 is 14.6 Å². The molecule has 29 heavy (non-hydrogen) atoms.